The van der Waals surface area contributed by atoms with E-state index in [9.17, 15) is 24.3 Å². The molecule has 4 N–H and O–H groups in total. The van der Waals surface area contributed by atoms with Gasteiger partial charge in [0.1, 0.15) is 17.9 Å². The highest BCUT2D eigenvalue weighted by Crippen LogP contribution is 2.30. The summed E-state index contributed by atoms with van der Waals surface area (Å²) in [5.41, 5.74) is 3.08. The lowest BCUT2D eigenvalue weighted by Crippen LogP contribution is -2.59. The fourth-order valence-corrected chi connectivity index (χ4v) is 8.11. The Morgan fingerprint density at radius 2 is 1.47 bits per heavy atom. The lowest BCUT2D eigenvalue weighted by Gasteiger charge is -2.38. The number of imidazole rings is 1. The summed E-state index contributed by atoms with van der Waals surface area (Å²) in [5.74, 6) is -0.105. The molecule has 1 aliphatic rings. The summed E-state index contributed by atoms with van der Waals surface area (Å²) in [4.78, 5) is 67.6. The second-order valence-corrected chi connectivity index (χ2v) is 18.2. The van der Waals surface area contributed by atoms with Crippen molar-refractivity contribution in [1.82, 2.24) is 40.1 Å². The molecule has 5 aromatic rings. The number of ether oxygens (including phenoxy) is 1. The monoisotopic (exact) mass is 844 g/mol. The molecule has 1 saturated heterocycles. The maximum atomic E-state index is 14.7. The summed E-state index contributed by atoms with van der Waals surface area (Å²) in [5, 5.41) is 21.2. The Kier molecular flexibility index (Phi) is 14.3. The van der Waals surface area contributed by atoms with E-state index in [0.717, 1.165) is 33.7 Å². The van der Waals surface area contributed by atoms with Gasteiger partial charge in [-0.25, -0.2) is 14.6 Å². The van der Waals surface area contributed by atoms with E-state index in [1.54, 1.807) is 22.2 Å². The highest BCUT2D eigenvalue weighted by atomic mass is 16.5. The van der Waals surface area contributed by atoms with Crippen molar-refractivity contribution in [2.24, 2.45) is 10.8 Å². The quantitative estimate of drug-likeness (QED) is 0.0934. The van der Waals surface area contributed by atoms with Gasteiger partial charge in [0.15, 0.2) is 0 Å². The van der Waals surface area contributed by atoms with Gasteiger partial charge in [0, 0.05) is 37.1 Å². The third kappa shape index (κ3) is 11.3. The van der Waals surface area contributed by atoms with Gasteiger partial charge >= 0.3 is 12.1 Å². The van der Waals surface area contributed by atoms with Gasteiger partial charge in [-0.15, -0.1) is 0 Å². The number of carbonyl (C=O) groups is 4. The van der Waals surface area contributed by atoms with Gasteiger partial charge in [-0.2, -0.15) is 0 Å². The van der Waals surface area contributed by atoms with Crippen LogP contribution in [0.2, 0.25) is 0 Å². The van der Waals surface area contributed by atoms with Crippen LogP contribution in [-0.2, 0) is 33.7 Å². The van der Waals surface area contributed by atoms with Crippen LogP contribution in [0.15, 0.2) is 110 Å². The second kappa shape index (κ2) is 19.6. The highest BCUT2D eigenvalue weighted by Gasteiger charge is 2.44. The van der Waals surface area contributed by atoms with Crippen LogP contribution in [0.1, 0.15) is 64.9 Å². The molecule has 1 aliphatic heterocycles. The average molecular weight is 845 g/mol. The van der Waals surface area contributed by atoms with Crippen LogP contribution >= 0.6 is 0 Å². The molecule has 62 heavy (non-hydrogen) atoms. The van der Waals surface area contributed by atoms with Crippen LogP contribution in [-0.4, -0.2) is 104 Å². The number of carbonyl (C=O) groups excluding carboxylic acids is 4. The summed E-state index contributed by atoms with van der Waals surface area (Å²) >= 11 is 0. The molecule has 0 saturated carbocycles. The molecule has 5 atom stereocenters. The zero-order valence-corrected chi connectivity index (χ0v) is 36.7. The number of rotatable bonds is 16. The Balaban J connectivity index is 1.25. The van der Waals surface area contributed by atoms with Gasteiger partial charge in [0.2, 0.25) is 11.8 Å². The normalized spacial score (nSPS) is 15.7. The van der Waals surface area contributed by atoms with E-state index in [0.29, 0.717) is 26.1 Å². The highest BCUT2D eigenvalue weighted by molar-refractivity contribution is 5.89. The number of aliphatic hydroxyl groups is 1. The molecule has 0 bridgehead atoms. The Hall–Kier alpha value is -6.28. The van der Waals surface area contributed by atoms with Gasteiger partial charge < -0.3 is 40.0 Å². The van der Waals surface area contributed by atoms with Crippen molar-refractivity contribution in [2.75, 3.05) is 20.2 Å². The largest absolute Gasteiger partial charge is 0.453 e. The predicted molar refractivity (Wildman–Crippen MR) is 238 cm³/mol. The lowest BCUT2D eigenvalue weighted by atomic mass is 9.84. The molecule has 0 aliphatic carbocycles. The molecule has 328 valence electrons. The molecule has 6 rings (SSSR count). The van der Waals surface area contributed by atoms with Gasteiger partial charge in [-0.3, -0.25) is 14.6 Å². The molecule has 3 aromatic heterocycles. The number of aromatic nitrogens is 3. The maximum Gasteiger partial charge on any atom is 0.407 e. The fraction of sp³-hybridized carbons (Fsp3) is 0.417. The van der Waals surface area contributed by atoms with Crippen LogP contribution in [0, 0.1) is 10.8 Å². The minimum atomic E-state index is -1.16. The summed E-state index contributed by atoms with van der Waals surface area (Å²) in [6, 6.07) is 25.4. The van der Waals surface area contributed by atoms with Crippen LogP contribution in [0.25, 0.3) is 16.8 Å². The van der Waals surface area contributed by atoms with E-state index in [1.807, 2.05) is 143 Å². The molecule has 5 amide bonds. The molecule has 1 fully saturated rings. The summed E-state index contributed by atoms with van der Waals surface area (Å²) < 4.78 is 6.80. The molecule has 14 nitrogen and oxygen atoms in total. The molecule has 5 unspecified atom stereocenters. The van der Waals surface area contributed by atoms with Crippen molar-refractivity contribution in [3.8, 4) is 11.3 Å². The Labute approximate surface area is 364 Å². The van der Waals surface area contributed by atoms with E-state index in [4.69, 9.17) is 4.74 Å². The number of hydrogen-bond acceptors (Lipinski definition) is 8. The molecule has 0 radical (unpaired) electrons. The second-order valence-electron chi connectivity index (χ2n) is 18.2. The van der Waals surface area contributed by atoms with Crippen LogP contribution < -0.4 is 16.0 Å². The molecule has 4 heterocycles. The number of urea groups is 1. The Morgan fingerprint density at radius 1 is 0.774 bits per heavy atom. The molecular weight excluding hydrogens is 785 g/mol. The van der Waals surface area contributed by atoms with Crippen molar-refractivity contribution in [3.05, 3.63) is 127 Å². The van der Waals surface area contributed by atoms with Gasteiger partial charge in [-0.05, 0) is 65.5 Å². The first-order chi connectivity index (χ1) is 29.5. The number of hydrogen-bond donors (Lipinski definition) is 4. The van der Waals surface area contributed by atoms with Crippen LogP contribution in [0.4, 0.5) is 9.59 Å². The molecule has 14 heteroatoms. The van der Waals surface area contributed by atoms with E-state index in [-0.39, 0.29) is 24.8 Å². The maximum absolute atomic E-state index is 14.7. The zero-order valence-electron chi connectivity index (χ0n) is 36.7. The first kappa shape index (κ1) is 45.3. The summed E-state index contributed by atoms with van der Waals surface area (Å²) in [7, 11) is 1.23. The number of fused-ring (bicyclic) bond motifs is 1. The molecule has 2 aromatic carbocycles. The number of amides is 5. The van der Waals surface area contributed by atoms with Crippen LogP contribution in [0.5, 0.6) is 0 Å². The third-order valence-electron chi connectivity index (χ3n) is 11.3. The molecule has 0 spiro atoms. The molecular formula is C48H60N8O6. The van der Waals surface area contributed by atoms with E-state index < -0.39 is 53.1 Å². The van der Waals surface area contributed by atoms with E-state index in [1.165, 1.54) is 7.11 Å². The predicted octanol–water partition coefficient (Wildman–Crippen LogP) is 6.03. The fourth-order valence-electron chi connectivity index (χ4n) is 8.11. The lowest BCUT2D eigenvalue weighted by molar-refractivity contribution is -0.130. The Morgan fingerprint density at radius 3 is 2.13 bits per heavy atom. The number of benzene rings is 2. The van der Waals surface area contributed by atoms with Gasteiger partial charge in [-0.1, -0.05) is 108 Å². The Bertz CT molecular complexity index is 2290. The minimum Gasteiger partial charge on any atom is -0.453 e. The summed E-state index contributed by atoms with van der Waals surface area (Å²) in [6.07, 6.45) is 4.19. The minimum absolute atomic E-state index is 0.0616. The average Bonchev–Trinajstić information content (AvgIpc) is 3.81. The van der Waals surface area contributed by atoms with Crippen LogP contribution in [0.3, 0.4) is 0 Å². The number of nitrogens with one attached hydrogen (secondary N) is 3. The first-order valence-electron chi connectivity index (χ1n) is 21.2. The first-order valence-corrected chi connectivity index (χ1v) is 21.2. The smallest absolute Gasteiger partial charge is 0.407 e. The van der Waals surface area contributed by atoms with Gasteiger partial charge in [0.05, 0.1) is 43.2 Å². The van der Waals surface area contributed by atoms with Crippen molar-refractivity contribution in [3.63, 3.8) is 0 Å². The topological polar surface area (TPSA) is 171 Å². The van der Waals surface area contributed by atoms with Crippen molar-refractivity contribution in [2.45, 2.75) is 97.6 Å². The van der Waals surface area contributed by atoms with Crippen molar-refractivity contribution in [1.29, 1.82) is 0 Å². The standard InChI is InChI=1S/C48H60N8O6/c1-47(2,3)41(53-45(60)62-7)43(58)52-38(28-33-19-21-34(22-20-33)37-18-11-13-23-49-37)39(57)29-35(27-32-15-9-8-10-16-32)51-44(59)42(48(4,5)6)56-26-25-54(46(56)61)31-40-50-30-36-17-12-14-24-55(36)40/h8-24,30,35,38-39,41-42,57H,25-29,31H2,1-7H3,(H,51,59)(H,52,58)(H,53,60). The number of methoxy groups -OCH3 is 1. The van der Waals surface area contributed by atoms with Crippen molar-refractivity contribution < 1.29 is 29.0 Å². The number of pyridine rings is 2. The van der Waals surface area contributed by atoms with Crippen molar-refractivity contribution >= 4 is 29.5 Å². The van der Waals surface area contributed by atoms with Gasteiger partial charge in [0.25, 0.3) is 0 Å². The van der Waals surface area contributed by atoms with E-state index in [2.05, 4.69) is 25.9 Å². The van der Waals surface area contributed by atoms with E-state index >= 15 is 0 Å². The number of aliphatic hydroxyl groups excluding tert-OH is 1. The number of nitrogens with zero attached hydrogens (tertiary/aromatic N) is 5. The SMILES string of the molecule is COC(=O)NC(C(=O)NC(Cc1ccc(-c2ccccn2)cc1)C(O)CC(Cc1ccccc1)NC(=O)C(N1CCN(Cc2ncc3ccccn23)C1=O)C(C)(C)C)C(C)(C)C. The zero-order chi connectivity index (χ0) is 44.6. The number of alkyl carbamates (subject to hydrolysis) is 1. The third-order valence-corrected chi connectivity index (χ3v) is 11.3. The summed E-state index contributed by atoms with van der Waals surface area (Å²) in [6.45, 7) is 12.4.